The molecule has 0 spiro atoms. The smallest absolute Gasteiger partial charge is 0.332 e. The quantitative estimate of drug-likeness (QED) is 0.751. The Kier molecular flexibility index (Phi) is 5.38. The SMILES string of the molecule is CCCn1c(N)c(N(CCO)C(C)C)c(=O)n(C)c1=O. The number of nitrogen functional groups attached to an aromatic ring is 1. The zero-order valence-corrected chi connectivity index (χ0v) is 12.6. The van der Waals surface area contributed by atoms with Crippen LogP contribution >= 0.6 is 0 Å². The number of aromatic nitrogens is 2. The summed E-state index contributed by atoms with van der Waals surface area (Å²) in [4.78, 5) is 26.1. The van der Waals surface area contributed by atoms with Crippen LogP contribution in [0.1, 0.15) is 27.2 Å². The van der Waals surface area contributed by atoms with E-state index in [1.807, 2.05) is 20.8 Å². The number of aliphatic hydroxyl groups is 1. The Morgan fingerprint density at radius 1 is 1.35 bits per heavy atom. The summed E-state index contributed by atoms with van der Waals surface area (Å²) in [5, 5.41) is 9.17. The lowest BCUT2D eigenvalue weighted by atomic mass is 10.2. The zero-order chi connectivity index (χ0) is 15.4. The summed E-state index contributed by atoms with van der Waals surface area (Å²) in [6.45, 7) is 6.41. The van der Waals surface area contributed by atoms with Crippen molar-refractivity contribution < 1.29 is 5.11 Å². The van der Waals surface area contributed by atoms with Gasteiger partial charge in [-0.2, -0.15) is 0 Å². The lowest BCUT2D eigenvalue weighted by molar-refractivity contribution is 0.298. The average molecular weight is 284 g/mol. The second-order valence-electron chi connectivity index (χ2n) is 5.04. The number of aliphatic hydroxyl groups excluding tert-OH is 1. The van der Waals surface area contributed by atoms with Crippen LogP contribution in [0.15, 0.2) is 9.59 Å². The highest BCUT2D eigenvalue weighted by molar-refractivity contribution is 5.63. The molecule has 0 aliphatic carbocycles. The van der Waals surface area contributed by atoms with Crippen LogP contribution in [0.4, 0.5) is 11.5 Å². The maximum absolute atomic E-state index is 12.3. The standard InChI is InChI=1S/C13H24N4O3/c1-5-6-17-11(14)10(12(19)15(4)13(17)20)16(7-8-18)9(2)3/h9,18H,5-8,14H2,1-4H3. The first-order chi connectivity index (χ1) is 9.36. The van der Waals surface area contributed by atoms with E-state index in [1.54, 1.807) is 4.90 Å². The predicted octanol–water partition coefficient (Wildman–Crippen LogP) is -0.254. The van der Waals surface area contributed by atoms with Crippen LogP contribution in [0.3, 0.4) is 0 Å². The molecule has 0 amide bonds. The fourth-order valence-corrected chi connectivity index (χ4v) is 2.21. The Morgan fingerprint density at radius 2 is 1.95 bits per heavy atom. The highest BCUT2D eigenvalue weighted by Gasteiger charge is 2.22. The molecule has 0 saturated carbocycles. The van der Waals surface area contributed by atoms with Gasteiger partial charge in [-0.1, -0.05) is 6.92 Å². The fraction of sp³-hybridized carbons (Fsp3) is 0.692. The molecule has 1 aromatic rings. The molecule has 0 unspecified atom stereocenters. The summed E-state index contributed by atoms with van der Waals surface area (Å²) in [6, 6.07) is -0.00951. The lowest BCUT2D eigenvalue weighted by Gasteiger charge is -2.29. The van der Waals surface area contributed by atoms with Gasteiger partial charge in [0, 0.05) is 26.2 Å². The second kappa shape index (κ2) is 6.60. The van der Waals surface area contributed by atoms with E-state index in [4.69, 9.17) is 10.8 Å². The van der Waals surface area contributed by atoms with Gasteiger partial charge in [-0.3, -0.25) is 13.9 Å². The Hall–Kier alpha value is -1.76. The summed E-state index contributed by atoms with van der Waals surface area (Å²) in [7, 11) is 1.44. The van der Waals surface area contributed by atoms with Gasteiger partial charge in [-0.05, 0) is 20.3 Å². The first kappa shape index (κ1) is 16.3. The maximum Gasteiger partial charge on any atom is 0.332 e. The van der Waals surface area contributed by atoms with Gasteiger partial charge in [0.15, 0.2) is 0 Å². The third kappa shape index (κ3) is 2.87. The van der Waals surface area contributed by atoms with E-state index in [0.29, 0.717) is 13.1 Å². The van der Waals surface area contributed by atoms with Gasteiger partial charge in [0.05, 0.1) is 6.61 Å². The predicted molar refractivity (Wildman–Crippen MR) is 80.2 cm³/mol. The molecule has 0 aliphatic heterocycles. The largest absolute Gasteiger partial charge is 0.395 e. The summed E-state index contributed by atoms with van der Waals surface area (Å²) in [5.41, 5.74) is 5.48. The van der Waals surface area contributed by atoms with Crippen LogP contribution in [-0.2, 0) is 13.6 Å². The van der Waals surface area contributed by atoms with E-state index in [0.717, 1.165) is 11.0 Å². The number of nitrogens with zero attached hydrogens (tertiary/aromatic N) is 3. The molecule has 0 radical (unpaired) electrons. The second-order valence-corrected chi connectivity index (χ2v) is 5.04. The lowest BCUT2D eigenvalue weighted by Crippen LogP contribution is -2.46. The van der Waals surface area contributed by atoms with Gasteiger partial charge in [0.2, 0.25) is 0 Å². The van der Waals surface area contributed by atoms with Crippen molar-refractivity contribution in [2.75, 3.05) is 23.8 Å². The van der Waals surface area contributed by atoms with Crippen LogP contribution in [0.5, 0.6) is 0 Å². The molecule has 0 fully saturated rings. The van der Waals surface area contributed by atoms with Gasteiger partial charge in [0.25, 0.3) is 5.56 Å². The van der Waals surface area contributed by atoms with Crippen molar-refractivity contribution >= 4 is 11.5 Å². The molecule has 7 nitrogen and oxygen atoms in total. The number of anilines is 2. The van der Waals surface area contributed by atoms with E-state index in [1.165, 1.54) is 11.6 Å². The molecule has 20 heavy (non-hydrogen) atoms. The van der Waals surface area contributed by atoms with Crippen LogP contribution in [0.2, 0.25) is 0 Å². The van der Waals surface area contributed by atoms with E-state index >= 15 is 0 Å². The molecule has 7 heteroatoms. The number of hydrogen-bond acceptors (Lipinski definition) is 5. The first-order valence-corrected chi connectivity index (χ1v) is 6.83. The monoisotopic (exact) mass is 284 g/mol. The van der Waals surface area contributed by atoms with Crippen molar-refractivity contribution in [3.05, 3.63) is 20.8 Å². The molecule has 0 atom stereocenters. The molecule has 0 saturated heterocycles. The number of nitrogens with two attached hydrogens (primary N) is 1. The highest BCUT2D eigenvalue weighted by Crippen LogP contribution is 2.19. The van der Waals surface area contributed by atoms with Crippen molar-refractivity contribution in [1.29, 1.82) is 0 Å². The molecular formula is C13H24N4O3. The average Bonchev–Trinajstić information content (AvgIpc) is 2.40. The van der Waals surface area contributed by atoms with Crippen LogP contribution in [0.25, 0.3) is 0 Å². The topological polar surface area (TPSA) is 93.5 Å². The van der Waals surface area contributed by atoms with E-state index in [9.17, 15) is 9.59 Å². The summed E-state index contributed by atoms with van der Waals surface area (Å²) < 4.78 is 2.47. The maximum atomic E-state index is 12.3. The Morgan fingerprint density at radius 3 is 2.40 bits per heavy atom. The molecule has 3 N–H and O–H groups in total. The van der Waals surface area contributed by atoms with Crippen LogP contribution in [-0.4, -0.2) is 33.4 Å². The third-order valence-corrected chi connectivity index (χ3v) is 3.26. The molecule has 0 aromatic carbocycles. The van der Waals surface area contributed by atoms with Crippen molar-refractivity contribution in [2.45, 2.75) is 39.8 Å². The van der Waals surface area contributed by atoms with Gasteiger partial charge >= 0.3 is 5.69 Å². The van der Waals surface area contributed by atoms with Crippen molar-refractivity contribution in [1.82, 2.24) is 9.13 Å². The summed E-state index contributed by atoms with van der Waals surface area (Å²) in [5.74, 6) is 0.169. The molecule has 1 aromatic heterocycles. The van der Waals surface area contributed by atoms with Gasteiger partial charge < -0.3 is 15.7 Å². The molecule has 1 rings (SSSR count). The minimum atomic E-state index is -0.429. The first-order valence-electron chi connectivity index (χ1n) is 6.83. The molecule has 114 valence electrons. The molecule has 0 bridgehead atoms. The third-order valence-electron chi connectivity index (χ3n) is 3.26. The van der Waals surface area contributed by atoms with Crippen molar-refractivity contribution in [2.24, 2.45) is 7.05 Å². The summed E-state index contributed by atoms with van der Waals surface area (Å²) >= 11 is 0. The summed E-state index contributed by atoms with van der Waals surface area (Å²) in [6.07, 6.45) is 0.740. The fourth-order valence-electron chi connectivity index (χ4n) is 2.21. The number of hydrogen-bond donors (Lipinski definition) is 2. The minimum Gasteiger partial charge on any atom is -0.395 e. The Balaban J connectivity index is 3.61. The molecular weight excluding hydrogens is 260 g/mol. The van der Waals surface area contributed by atoms with Gasteiger partial charge in [-0.25, -0.2) is 4.79 Å². The van der Waals surface area contributed by atoms with Crippen molar-refractivity contribution in [3.8, 4) is 0 Å². The minimum absolute atomic E-state index is 0.00951. The van der Waals surface area contributed by atoms with E-state index < -0.39 is 11.2 Å². The van der Waals surface area contributed by atoms with Gasteiger partial charge in [0.1, 0.15) is 11.5 Å². The molecule has 0 aliphatic rings. The van der Waals surface area contributed by atoms with Crippen molar-refractivity contribution in [3.63, 3.8) is 0 Å². The normalized spacial score (nSPS) is 11.1. The van der Waals surface area contributed by atoms with Gasteiger partial charge in [-0.15, -0.1) is 0 Å². The highest BCUT2D eigenvalue weighted by atomic mass is 16.3. The number of rotatable bonds is 6. The molecule has 1 heterocycles. The van der Waals surface area contributed by atoms with E-state index in [2.05, 4.69) is 0 Å². The zero-order valence-electron chi connectivity index (χ0n) is 12.6. The Bertz CT molecular complexity index is 574. The van der Waals surface area contributed by atoms with Crippen LogP contribution < -0.4 is 21.9 Å². The Labute approximate surface area is 118 Å². The van der Waals surface area contributed by atoms with Crippen LogP contribution in [0, 0.1) is 0 Å². The van der Waals surface area contributed by atoms with E-state index in [-0.39, 0.29) is 24.2 Å².